The van der Waals surface area contributed by atoms with Gasteiger partial charge in [0.05, 0.1) is 10.8 Å². The summed E-state index contributed by atoms with van der Waals surface area (Å²) in [4.78, 5) is 4.05. The topological polar surface area (TPSA) is 38.4 Å². The van der Waals surface area contributed by atoms with E-state index in [0.29, 0.717) is 5.84 Å². The molecule has 2 N–H and O–H groups in total. The van der Waals surface area contributed by atoms with Gasteiger partial charge in [0, 0.05) is 5.75 Å². The van der Waals surface area contributed by atoms with Crippen LogP contribution in [0.5, 0.6) is 0 Å². The number of nitrogens with two attached hydrogens (primary N) is 1. The van der Waals surface area contributed by atoms with Crippen LogP contribution in [-0.4, -0.2) is 29.1 Å². The summed E-state index contributed by atoms with van der Waals surface area (Å²) in [5.41, 5.74) is 5.64. The third-order valence-electron chi connectivity index (χ3n) is 1.75. The van der Waals surface area contributed by atoms with Crippen molar-refractivity contribution in [3.63, 3.8) is 0 Å². The highest BCUT2D eigenvalue weighted by Crippen LogP contribution is 2.29. The largest absolute Gasteiger partial charge is 0.386 e. The molecule has 11 heavy (non-hydrogen) atoms. The lowest BCUT2D eigenvalue weighted by Gasteiger charge is -2.30. The molecule has 0 bridgehead atoms. The van der Waals surface area contributed by atoms with Gasteiger partial charge in [-0.25, -0.2) is 4.39 Å². The molecule has 0 aliphatic carbocycles. The monoisotopic (exact) mass is 176 g/mol. The summed E-state index contributed by atoms with van der Waals surface area (Å²) in [5.74, 6) is 1.31. The summed E-state index contributed by atoms with van der Waals surface area (Å²) in [6.07, 6.45) is 0. The van der Waals surface area contributed by atoms with Gasteiger partial charge in [-0.05, 0) is 13.8 Å². The van der Waals surface area contributed by atoms with Gasteiger partial charge in [-0.15, -0.1) is 11.8 Å². The zero-order valence-electron chi connectivity index (χ0n) is 6.80. The summed E-state index contributed by atoms with van der Waals surface area (Å²) in [6.45, 7) is 3.61. The van der Waals surface area contributed by atoms with Crippen LogP contribution in [0.3, 0.4) is 0 Å². The highest BCUT2D eigenvalue weighted by molar-refractivity contribution is 8.01. The lowest BCUT2D eigenvalue weighted by molar-refractivity contribution is 0.447. The highest BCUT2D eigenvalue weighted by Gasteiger charge is 2.29. The maximum atomic E-state index is 12.1. The minimum absolute atomic E-state index is 0.105. The van der Waals surface area contributed by atoms with Crippen molar-refractivity contribution in [2.24, 2.45) is 10.7 Å². The Labute approximate surface area is 70.4 Å². The fourth-order valence-electron chi connectivity index (χ4n) is 0.847. The number of aliphatic imine (C=N–C) groups is 1. The number of rotatable bonds is 1. The molecule has 0 amide bonds. The van der Waals surface area contributed by atoms with Gasteiger partial charge in [-0.2, -0.15) is 0 Å². The first-order valence-electron chi connectivity index (χ1n) is 3.60. The van der Waals surface area contributed by atoms with E-state index in [4.69, 9.17) is 5.73 Å². The Hall–Kier alpha value is -0.250. The Balaban J connectivity index is 2.72. The zero-order valence-corrected chi connectivity index (χ0v) is 7.62. The van der Waals surface area contributed by atoms with Crippen molar-refractivity contribution in [1.29, 1.82) is 0 Å². The number of halogens is 1. The quantitative estimate of drug-likeness (QED) is 0.652. The van der Waals surface area contributed by atoms with Crippen LogP contribution in [0.2, 0.25) is 0 Å². The number of thioether (sulfide) groups is 1. The second-order valence-corrected chi connectivity index (χ2v) is 4.79. The molecule has 0 saturated carbocycles. The second kappa shape index (κ2) is 3.01. The summed E-state index contributed by atoms with van der Waals surface area (Å²) < 4.78 is 12.0. The van der Waals surface area contributed by atoms with Gasteiger partial charge in [-0.3, -0.25) is 4.99 Å². The molecule has 0 saturated heterocycles. The van der Waals surface area contributed by atoms with Gasteiger partial charge in [0.1, 0.15) is 12.5 Å². The maximum Gasteiger partial charge on any atom is 0.113 e. The number of amidine groups is 1. The Morgan fingerprint density at radius 1 is 1.82 bits per heavy atom. The van der Waals surface area contributed by atoms with Gasteiger partial charge in [0.25, 0.3) is 0 Å². The molecule has 0 fully saturated rings. The Kier molecular flexibility index (Phi) is 2.42. The molecule has 1 aliphatic heterocycles. The van der Waals surface area contributed by atoms with Gasteiger partial charge in [0.2, 0.25) is 0 Å². The first kappa shape index (κ1) is 8.84. The molecule has 0 aromatic rings. The van der Waals surface area contributed by atoms with E-state index in [9.17, 15) is 4.39 Å². The van der Waals surface area contributed by atoms with Crippen molar-refractivity contribution in [2.75, 3.05) is 12.4 Å². The average Bonchev–Trinajstić information content (AvgIpc) is 1.95. The van der Waals surface area contributed by atoms with E-state index in [1.807, 2.05) is 13.8 Å². The normalized spacial score (nSPS) is 29.7. The maximum absolute atomic E-state index is 12.1. The first-order valence-corrected chi connectivity index (χ1v) is 4.58. The summed E-state index contributed by atoms with van der Waals surface area (Å²) >= 11 is 1.67. The predicted molar refractivity (Wildman–Crippen MR) is 47.9 cm³/mol. The first-order chi connectivity index (χ1) is 5.06. The average molecular weight is 176 g/mol. The Morgan fingerprint density at radius 3 is 2.91 bits per heavy atom. The van der Waals surface area contributed by atoms with Crippen LogP contribution in [0, 0.1) is 0 Å². The van der Waals surface area contributed by atoms with E-state index in [0.717, 1.165) is 5.75 Å². The van der Waals surface area contributed by atoms with Crippen LogP contribution in [0.15, 0.2) is 4.99 Å². The molecular formula is C7H13FN2S. The molecule has 1 heterocycles. The molecule has 0 spiro atoms. The third kappa shape index (κ3) is 1.86. The molecule has 4 heteroatoms. The fourth-order valence-corrected chi connectivity index (χ4v) is 1.82. The number of alkyl halides is 1. The van der Waals surface area contributed by atoms with Gasteiger partial charge >= 0.3 is 0 Å². The van der Waals surface area contributed by atoms with Crippen LogP contribution in [0.4, 0.5) is 4.39 Å². The number of hydrogen-bond donors (Lipinski definition) is 1. The van der Waals surface area contributed by atoms with E-state index in [1.54, 1.807) is 11.8 Å². The van der Waals surface area contributed by atoms with Gasteiger partial charge in [0.15, 0.2) is 0 Å². The van der Waals surface area contributed by atoms with Crippen molar-refractivity contribution < 1.29 is 4.39 Å². The molecule has 1 aliphatic rings. The van der Waals surface area contributed by atoms with Crippen LogP contribution < -0.4 is 5.73 Å². The van der Waals surface area contributed by atoms with Crippen molar-refractivity contribution in [3.05, 3.63) is 0 Å². The molecule has 1 atom stereocenters. The molecule has 1 unspecified atom stereocenters. The second-order valence-electron chi connectivity index (χ2n) is 3.14. The third-order valence-corrected chi connectivity index (χ3v) is 3.24. The van der Waals surface area contributed by atoms with Crippen LogP contribution in [0.1, 0.15) is 13.8 Å². The van der Waals surface area contributed by atoms with Crippen molar-refractivity contribution in [3.8, 4) is 0 Å². The van der Waals surface area contributed by atoms with Crippen LogP contribution in [-0.2, 0) is 0 Å². The highest BCUT2D eigenvalue weighted by atomic mass is 32.2. The summed E-state index contributed by atoms with van der Waals surface area (Å²) in [7, 11) is 0. The van der Waals surface area contributed by atoms with Gasteiger partial charge < -0.3 is 5.73 Å². The SMILES string of the molecule is CC1(C)SCC(CF)N=C1N. The Morgan fingerprint density at radius 2 is 2.45 bits per heavy atom. The van der Waals surface area contributed by atoms with E-state index in [-0.39, 0.29) is 10.8 Å². The lowest BCUT2D eigenvalue weighted by Crippen LogP contribution is -2.41. The Bertz CT molecular complexity index is 179. The van der Waals surface area contributed by atoms with E-state index in [2.05, 4.69) is 4.99 Å². The molecule has 64 valence electrons. The summed E-state index contributed by atoms with van der Waals surface area (Å²) in [6, 6.07) is -0.215. The minimum atomic E-state index is -0.399. The van der Waals surface area contributed by atoms with E-state index in [1.165, 1.54) is 0 Å². The summed E-state index contributed by atoms with van der Waals surface area (Å²) in [5, 5.41) is 0. The molecule has 0 radical (unpaired) electrons. The van der Waals surface area contributed by atoms with Crippen molar-refractivity contribution >= 4 is 17.6 Å². The fraction of sp³-hybridized carbons (Fsp3) is 0.857. The van der Waals surface area contributed by atoms with Crippen LogP contribution in [0.25, 0.3) is 0 Å². The molecule has 0 aromatic heterocycles. The van der Waals surface area contributed by atoms with Gasteiger partial charge in [-0.1, -0.05) is 0 Å². The minimum Gasteiger partial charge on any atom is -0.386 e. The van der Waals surface area contributed by atoms with E-state index < -0.39 is 6.67 Å². The lowest BCUT2D eigenvalue weighted by atomic mass is 10.2. The molecule has 2 nitrogen and oxygen atoms in total. The number of hydrogen-bond acceptors (Lipinski definition) is 3. The molecular weight excluding hydrogens is 163 g/mol. The van der Waals surface area contributed by atoms with Crippen LogP contribution >= 0.6 is 11.8 Å². The molecule has 0 aromatic carbocycles. The smallest absolute Gasteiger partial charge is 0.113 e. The van der Waals surface area contributed by atoms with Crippen molar-refractivity contribution in [2.45, 2.75) is 24.6 Å². The number of nitrogens with zero attached hydrogens (tertiary/aromatic N) is 1. The predicted octanol–water partition coefficient (Wildman–Crippen LogP) is 1.21. The standard InChI is InChI=1S/C7H13FN2S/c1-7(2)6(9)10-5(3-8)4-11-7/h5H,3-4H2,1-2H3,(H2,9,10). The van der Waals surface area contributed by atoms with Crippen molar-refractivity contribution in [1.82, 2.24) is 0 Å². The molecule has 1 rings (SSSR count). The van der Waals surface area contributed by atoms with E-state index >= 15 is 0 Å². The zero-order chi connectivity index (χ0) is 8.48.